The topological polar surface area (TPSA) is 90.6 Å². The minimum absolute atomic E-state index is 0.0665. The number of carbonyl (C=O) groups is 2. The van der Waals surface area contributed by atoms with E-state index in [1.165, 1.54) is 11.2 Å². The van der Waals surface area contributed by atoms with Crippen molar-refractivity contribution in [2.75, 3.05) is 26.2 Å². The Hall–Kier alpha value is -2.29. The molecule has 1 N–H and O–H groups in total. The molecule has 168 valence electrons. The molecule has 0 aliphatic carbocycles. The molecule has 2 heterocycles. The summed E-state index contributed by atoms with van der Waals surface area (Å²) in [6.45, 7) is 12.3. The highest BCUT2D eigenvalue weighted by atomic mass is 32.2. The van der Waals surface area contributed by atoms with E-state index in [2.05, 4.69) is 4.98 Å². The molecule has 1 aromatic carbocycles. The van der Waals surface area contributed by atoms with Gasteiger partial charge in [0.05, 0.1) is 16.6 Å². The van der Waals surface area contributed by atoms with E-state index in [9.17, 15) is 18.0 Å². The smallest absolute Gasteiger partial charge is 0.243 e. The molecule has 1 aromatic heterocycles. The van der Waals surface area contributed by atoms with Gasteiger partial charge in [0.15, 0.2) is 11.6 Å². The van der Waals surface area contributed by atoms with Gasteiger partial charge in [0, 0.05) is 37.4 Å². The first kappa shape index (κ1) is 23.4. The molecular formula is C23H31N3O4S. The van der Waals surface area contributed by atoms with Gasteiger partial charge in [-0.1, -0.05) is 17.7 Å². The van der Waals surface area contributed by atoms with Crippen molar-refractivity contribution < 1.29 is 18.0 Å². The van der Waals surface area contributed by atoms with Crippen molar-refractivity contribution in [3.05, 3.63) is 51.8 Å². The average molecular weight is 446 g/mol. The standard InChI is InChI=1S/C23H31N3O4S/c1-14-7-8-20(15(2)13-14)31(29,30)26-11-9-25(10-12-26)18(5)23(28)22-16(3)21(19(6)27)17(4)24-22/h7-8,13,18,24H,9-12H2,1-6H3. The van der Waals surface area contributed by atoms with Crippen LogP contribution in [0.5, 0.6) is 0 Å². The number of aryl methyl sites for hydroxylation is 3. The number of piperazine rings is 1. The predicted molar refractivity (Wildman–Crippen MR) is 120 cm³/mol. The zero-order chi connectivity index (χ0) is 23.1. The molecular weight excluding hydrogens is 414 g/mol. The highest BCUT2D eigenvalue weighted by molar-refractivity contribution is 7.89. The molecule has 0 bridgehead atoms. The van der Waals surface area contributed by atoms with Gasteiger partial charge in [-0.25, -0.2) is 8.42 Å². The normalized spacial score (nSPS) is 17.0. The minimum Gasteiger partial charge on any atom is -0.355 e. The number of hydrogen-bond donors (Lipinski definition) is 1. The molecule has 1 aliphatic heterocycles. The molecule has 3 rings (SSSR count). The van der Waals surface area contributed by atoms with Crippen LogP contribution in [0.25, 0.3) is 0 Å². The summed E-state index contributed by atoms with van der Waals surface area (Å²) < 4.78 is 27.7. The third-order valence-electron chi connectivity index (χ3n) is 6.18. The molecule has 0 spiro atoms. The van der Waals surface area contributed by atoms with E-state index in [1.54, 1.807) is 19.9 Å². The van der Waals surface area contributed by atoms with Crippen molar-refractivity contribution >= 4 is 21.6 Å². The largest absolute Gasteiger partial charge is 0.355 e. The Morgan fingerprint density at radius 2 is 1.65 bits per heavy atom. The summed E-state index contributed by atoms with van der Waals surface area (Å²) in [5.41, 5.74) is 4.17. The van der Waals surface area contributed by atoms with E-state index in [0.717, 1.165) is 11.1 Å². The highest BCUT2D eigenvalue weighted by Crippen LogP contribution is 2.24. The van der Waals surface area contributed by atoms with Gasteiger partial charge >= 0.3 is 0 Å². The lowest BCUT2D eigenvalue weighted by atomic mass is 10.0. The first-order valence-electron chi connectivity index (χ1n) is 10.5. The molecule has 1 saturated heterocycles. The van der Waals surface area contributed by atoms with Crippen molar-refractivity contribution in [2.45, 2.75) is 52.5 Å². The number of H-pyrrole nitrogens is 1. The van der Waals surface area contributed by atoms with Gasteiger partial charge in [0.1, 0.15) is 0 Å². The summed E-state index contributed by atoms with van der Waals surface area (Å²) >= 11 is 0. The first-order valence-corrected chi connectivity index (χ1v) is 11.9. The fourth-order valence-electron chi connectivity index (χ4n) is 4.46. The van der Waals surface area contributed by atoms with Crippen LogP contribution >= 0.6 is 0 Å². The van der Waals surface area contributed by atoms with Crippen LogP contribution in [-0.4, -0.2) is 66.4 Å². The Morgan fingerprint density at radius 3 is 2.16 bits per heavy atom. The van der Waals surface area contributed by atoms with Gasteiger partial charge in [-0.15, -0.1) is 0 Å². The first-order chi connectivity index (χ1) is 14.4. The molecule has 7 nitrogen and oxygen atoms in total. The minimum atomic E-state index is -3.57. The van der Waals surface area contributed by atoms with Crippen LogP contribution in [0.1, 0.15) is 57.1 Å². The number of rotatable bonds is 6. The van der Waals surface area contributed by atoms with E-state index in [-0.39, 0.29) is 11.6 Å². The van der Waals surface area contributed by atoms with Crippen molar-refractivity contribution in [3.63, 3.8) is 0 Å². The van der Waals surface area contributed by atoms with Crippen LogP contribution in [0.15, 0.2) is 23.1 Å². The molecule has 1 unspecified atom stereocenters. The van der Waals surface area contributed by atoms with Gasteiger partial charge in [-0.2, -0.15) is 4.31 Å². The van der Waals surface area contributed by atoms with Crippen LogP contribution < -0.4 is 0 Å². The number of Topliss-reactive ketones (excluding diaryl/α,β-unsaturated/α-hetero) is 2. The Morgan fingerprint density at radius 1 is 1.03 bits per heavy atom. The Labute approximate surface area is 184 Å². The Bertz CT molecular complexity index is 1130. The lowest BCUT2D eigenvalue weighted by Gasteiger charge is -2.37. The number of nitrogens with zero attached hydrogens (tertiary/aromatic N) is 2. The third-order valence-corrected chi connectivity index (χ3v) is 8.24. The Balaban J connectivity index is 1.73. The molecule has 8 heteroatoms. The van der Waals surface area contributed by atoms with Crippen LogP contribution in [-0.2, 0) is 10.0 Å². The number of carbonyl (C=O) groups excluding carboxylic acids is 2. The molecule has 1 fully saturated rings. The molecule has 0 radical (unpaired) electrons. The number of hydrogen-bond acceptors (Lipinski definition) is 5. The van der Waals surface area contributed by atoms with E-state index in [4.69, 9.17) is 0 Å². The molecule has 2 aromatic rings. The lowest BCUT2D eigenvalue weighted by Crippen LogP contribution is -2.53. The van der Waals surface area contributed by atoms with Gasteiger partial charge < -0.3 is 4.98 Å². The molecule has 0 saturated carbocycles. The SMILES string of the molecule is CC(=O)c1c(C)[nH]c(C(=O)C(C)N2CCN(S(=O)(=O)c3ccc(C)cc3C)CC2)c1C. The monoisotopic (exact) mass is 445 g/mol. The summed E-state index contributed by atoms with van der Waals surface area (Å²) in [4.78, 5) is 30.4. The summed E-state index contributed by atoms with van der Waals surface area (Å²) in [6.07, 6.45) is 0. The zero-order valence-electron chi connectivity index (χ0n) is 19.1. The van der Waals surface area contributed by atoms with Crippen LogP contribution in [0.4, 0.5) is 0 Å². The van der Waals surface area contributed by atoms with E-state index in [1.807, 2.05) is 37.8 Å². The quantitative estimate of drug-likeness (QED) is 0.690. The molecule has 1 aliphatic rings. The fourth-order valence-corrected chi connectivity index (χ4v) is 6.09. The maximum absolute atomic E-state index is 13.1. The van der Waals surface area contributed by atoms with Gasteiger partial charge in [0.25, 0.3) is 0 Å². The highest BCUT2D eigenvalue weighted by Gasteiger charge is 2.34. The predicted octanol–water partition coefficient (Wildman–Crippen LogP) is 3.03. The van der Waals surface area contributed by atoms with Crippen molar-refractivity contribution in [2.24, 2.45) is 0 Å². The second-order valence-electron chi connectivity index (χ2n) is 8.43. The van der Waals surface area contributed by atoms with Crippen molar-refractivity contribution in [1.82, 2.24) is 14.2 Å². The second kappa shape index (κ2) is 8.68. The summed E-state index contributed by atoms with van der Waals surface area (Å²) in [7, 11) is -3.57. The van der Waals surface area contributed by atoms with E-state index < -0.39 is 16.1 Å². The lowest BCUT2D eigenvalue weighted by molar-refractivity contribution is 0.0777. The van der Waals surface area contributed by atoms with Gasteiger partial charge in [0.2, 0.25) is 10.0 Å². The maximum atomic E-state index is 13.1. The van der Waals surface area contributed by atoms with Crippen LogP contribution in [0.3, 0.4) is 0 Å². The molecule has 0 amide bonds. The van der Waals surface area contributed by atoms with E-state index >= 15 is 0 Å². The van der Waals surface area contributed by atoms with Crippen LogP contribution in [0, 0.1) is 27.7 Å². The van der Waals surface area contributed by atoms with Gasteiger partial charge in [-0.05, 0) is 58.7 Å². The molecule has 1 atom stereocenters. The number of aromatic amines is 1. The number of sulfonamides is 1. The van der Waals surface area contributed by atoms with Crippen molar-refractivity contribution in [1.29, 1.82) is 0 Å². The Kier molecular flexibility index (Phi) is 6.55. The van der Waals surface area contributed by atoms with E-state index in [0.29, 0.717) is 53.6 Å². The summed E-state index contributed by atoms with van der Waals surface area (Å²) in [5, 5.41) is 0. The number of ketones is 2. The maximum Gasteiger partial charge on any atom is 0.243 e. The summed E-state index contributed by atoms with van der Waals surface area (Å²) in [5.74, 6) is -0.151. The number of nitrogens with one attached hydrogen (secondary N) is 1. The van der Waals surface area contributed by atoms with Gasteiger partial charge in [-0.3, -0.25) is 14.5 Å². The number of aromatic nitrogens is 1. The van der Waals surface area contributed by atoms with Crippen LogP contribution in [0.2, 0.25) is 0 Å². The fraction of sp³-hybridized carbons (Fsp3) is 0.478. The number of benzene rings is 1. The summed E-state index contributed by atoms with van der Waals surface area (Å²) in [6, 6.07) is 4.94. The molecule has 31 heavy (non-hydrogen) atoms. The van der Waals surface area contributed by atoms with Crippen molar-refractivity contribution in [3.8, 4) is 0 Å². The average Bonchev–Trinajstić information content (AvgIpc) is 3.00. The zero-order valence-corrected chi connectivity index (χ0v) is 19.9. The third kappa shape index (κ3) is 4.37. The second-order valence-corrected chi connectivity index (χ2v) is 10.3.